The molecule has 120 valence electrons. The lowest BCUT2D eigenvalue weighted by Gasteiger charge is -2.03. The molecule has 23 heavy (non-hydrogen) atoms. The highest BCUT2D eigenvalue weighted by atomic mass is 32.2. The number of halogens is 1. The van der Waals surface area contributed by atoms with E-state index in [9.17, 15) is 9.18 Å². The Labute approximate surface area is 139 Å². The minimum atomic E-state index is -0.466. The molecule has 5 nitrogen and oxygen atoms in total. The standard InChI is InChI=1S/C15H14FN3O2S2/c1-9-7-11(18-21-9)14(20)17-15-19(5-6-22-2)12-4-3-10(16)8-13(12)23-15/h3-4,7-8H,5-6H2,1-2H3. The number of amides is 1. The number of thiazole rings is 1. The van der Waals surface area contributed by atoms with Crippen molar-refractivity contribution in [3.8, 4) is 0 Å². The van der Waals surface area contributed by atoms with Crippen LogP contribution in [0.5, 0.6) is 0 Å². The van der Waals surface area contributed by atoms with E-state index in [0.29, 0.717) is 17.1 Å². The monoisotopic (exact) mass is 351 g/mol. The third-order valence-corrected chi connectivity index (χ3v) is 4.84. The molecule has 0 atom stereocenters. The molecule has 0 aliphatic carbocycles. The van der Waals surface area contributed by atoms with Crippen molar-refractivity contribution in [1.82, 2.24) is 9.72 Å². The molecule has 0 unspecified atom stereocenters. The van der Waals surface area contributed by atoms with Crippen molar-refractivity contribution in [1.29, 1.82) is 0 Å². The van der Waals surface area contributed by atoms with Crippen LogP contribution in [0.25, 0.3) is 10.2 Å². The van der Waals surface area contributed by atoms with Gasteiger partial charge in [0.1, 0.15) is 11.6 Å². The van der Waals surface area contributed by atoms with Crippen molar-refractivity contribution in [2.45, 2.75) is 13.5 Å². The van der Waals surface area contributed by atoms with E-state index in [-0.39, 0.29) is 11.5 Å². The normalized spacial score (nSPS) is 12.2. The van der Waals surface area contributed by atoms with Gasteiger partial charge in [0.2, 0.25) is 0 Å². The summed E-state index contributed by atoms with van der Waals surface area (Å²) < 4.78 is 21.0. The maximum Gasteiger partial charge on any atom is 0.301 e. The number of hydrogen-bond acceptors (Lipinski definition) is 5. The van der Waals surface area contributed by atoms with Gasteiger partial charge in [0, 0.05) is 18.4 Å². The largest absolute Gasteiger partial charge is 0.361 e. The predicted molar refractivity (Wildman–Crippen MR) is 89.3 cm³/mol. The van der Waals surface area contributed by atoms with Gasteiger partial charge in [0.25, 0.3) is 0 Å². The van der Waals surface area contributed by atoms with Gasteiger partial charge in [0.15, 0.2) is 10.5 Å². The fraction of sp³-hybridized carbons (Fsp3) is 0.267. The number of nitrogens with zero attached hydrogens (tertiary/aromatic N) is 3. The molecule has 3 rings (SSSR count). The molecular weight excluding hydrogens is 337 g/mol. The summed E-state index contributed by atoms with van der Waals surface area (Å²) in [5, 5.41) is 3.68. The minimum absolute atomic E-state index is 0.169. The summed E-state index contributed by atoms with van der Waals surface area (Å²) in [6, 6.07) is 6.13. The second-order valence-electron chi connectivity index (χ2n) is 4.88. The first-order chi connectivity index (χ1) is 11.1. The van der Waals surface area contributed by atoms with Crippen molar-refractivity contribution in [2.75, 3.05) is 12.0 Å². The van der Waals surface area contributed by atoms with Crippen LogP contribution >= 0.6 is 23.1 Å². The molecule has 1 amide bonds. The molecule has 0 radical (unpaired) electrons. The Bertz CT molecular complexity index is 926. The number of rotatable bonds is 4. The predicted octanol–water partition coefficient (Wildman–Crippen LogP) is 3.24. The Morgan fingerprint density at radius 2 is 2.30 bits per heavy atom. The number of fused-ring (bicyclic) bond motifs is 1. The highest BCUT2D eigenvalue weighted by Crippen LogP contribution is 2.19. The molecule has 0 saturated carbocycles. The topological polar surface area (TPSA) is 60.4 Å². The lowest BCUT2D eigenvalue weighted by molar-refractivity contribution is 0.0989. The average Bonchev–Trinajstić information content (AvgIpc) is 3.08. The van der Waals surface area contributed by atoms with Gasteiger partial charge in [-0.15, -0.1) is 0 Å². The number of hydrogen-bond donors (Lipinski definition) is 0. The quantitative estimate of drug-likeness (QED) is 0.724. The minimum Gasteiger partial charge on any atom is -0.361 e. The van der Waals surface area contributed by atoms with Gasteiger partial charge in [-0.05, 0) is 31.4 Å². The Morgan fingerprint density at radius 3 is 3.00 bits per heavy atom. The van der Waals surface area contributed by atoms with Crippen molar-refractivity contribution in [2.24, 2.45) is 4.99 Å². The summed E-state index contributed by atoms with van der Waals surface area (Å²) in [4.78, 5) is 16.9. The molecule has 3 aromatic rings. The van der Waals surface area contributed by atoms with Gasteiger partial charge < -0.3 is 9.09 Å². The maximum atomic E-state index is 13.4. The molecule has 1 aromatic carbocycles. The van der Waals surface area contributed by atoms with Gasteiger partial charge >= 0.3 is 5.91 Å². The summed E-state index contributed by atoms with van der Waals surface area (Å²) in [7, 11) is 0. The molecular formula is C15H14FN3O2S2. The van der Waals surface area contributed by atoms with E-state index < -0.39 is 5.91 Å². The van der Waals surface area contributed by atoms with Crippen LogP contribution in [0.3, 0.4) is 0 Å². The molecule has 2 aromatic heterocycles. The molecule has 0 N–H and O–H groups in total. The summed E-state index contributed by atoms with van der Waals surface area (Å²) in [6.45, 7) is 2.40. The Hall–Kier alpha value is -1.93. The van der Waals surface area contributed by atoms with E-state index in [1.54, 1.807) is 30.8 Å². The van der Waals surface area contributed by atoms with Crippen LogP contribution in [0.2, 0.25) is 0 Å². The Balaban J connectivity index is 2.11. The molecule has 0 spiro atoms. The number of carbonyl (C=O) groups excluding carboxylic acids is 1. The van der Waals surface area contributed by atoms with E-state index in [2.05, 4.69) is 10.1 Å². The van der Waals surface area contributed by atoms with Crippen molar-refractivity contribution < 1.29 is 13.7 Å². The van der Waals surface area contributed by atoms with Gasteiger partial charge in [-0.3, -0.25) is 4.79 Å². The van der Waals surface area contributed by atoms with Gasteiger partial charge in [-0.25, -0.2) is 4.39 Å². The summed E-state index contributed by atoms with van der Waals surface area (Å²) >= 11 is 2.98. The second kappa shape index (κ2) is 6.67. The molecule has 0 fully saturated rings. The molecule has 0 aliphatic heterocycles. The summed E-state index contributed by atoms with van der Waals surface area (Å²) in [5.74, 6) is 0.651. The lowest BCUT2D eigenvalue weighted by Crippen LogP contribution is -2.18. The zero-order valence-corrected chi connectivity index (χ0v) is 14.2. The van der Waals surface area contributed by atoms with E-state index in [1.807, 2.05) is 10.8 Å². The molecule has 0 saturated heterocycles. The number of aromatic nitrogens is 2. The van der Waals surface area contributed by atoms with Gasteiger partial charge in [0.05, 0.1) is 10.2 Å². The number of benzene rings is 1. The molecule has 0 aliphatic rings. The first-order valence-corrected chi connectivity index (χ1v) is 9.09. The maximum absolute atomic E-state index is 13.4. The second-order valence-corrected chi connectivity index (χ2v) is 6.88. The van der Waals surface area contributed by atoms with Crippen molar-refractivity contribution >= 4 is 39.2 Å². The molecule has 8 heteroatoms. The van der Waals surface area contributed by atoms with Gasteiger partial charge in [-0.1, -0.05) is 16.5 Å². The smallest absolute Gasteiger partial charge is 0.301 e. The van der Waals surface area contributed by atoms with E-state index in [0.717, 1.165) is 16.0 Å². The van der Waals surface area contributed by atoms with E-state index in [4.69, 9.17) is 4.52 Å². The van der Waals surface area contributed by atoms with Crippen LogP contribution in [0.15, 0.2) is 33.8 Å². The summed E-state index contributed by atoms with van der Waals surface area (Å²) in [5.41, 5.74) is 1.04. The fourth-order valence-corrected chi connectivity index (χ4v) is 3.59. The van der Waals surface area contributed by atoms with Gasteiger partial charge in [-0.2, -0.15) is 16.8 Å². The first kappa shape index (κ1) is 15.9. The summed E-state index contributed by atoms with van der Waals surface area (Å²) in [6.07, 6.45) is 2.01. The molecule has 2 heterocycles. The zero-order valence-electron chi connectivity index (χ0n) is 12.6. The van der Waals surface area contributed by atoms with Crippen LogP contribution in [0.1, 0.15) is 16.2 Å². The first-order valence-electron chi connectivity index (χ1n) is 6.88. The van der Waals surface area contributed by atoms with E-state index in [1.165, 1.54) is 23.5 Å². The Morgan fingerprint density at radius 1 is 1.48 bits per heavy atom. The van der Waals surface area contributed by atoms with Crippen LogP contribution in [0.4, 0.5) is 4.39 Å². The Kier molecular flexibility index (Phi) is 4.63. The van der Waals surface area contributed by atoms with Crippen molar-refractivity contribution in [3.05, 3.63) is 46.3 Å². The third-order valence-electron chi connectivity index (χ3n) is 3.21. The SMILES string of the molecule is CSCCn1c(=NC(=O)c2cc(C)on2)sc2cc(F)ccc21. The van der Waals surface area contributed by atoms with Crippen LogP contribution < -0.4 is 4.80 Å². The highest BCUT2D eigenvalue weighted by molar-refractivity contribution is 7.98. The van der Waals surface area contributed by atoms with Crippen LogP contribution in [-0.2, 0) is 6.54 Å². The third kappa shape index (κ3) is 3.37. The van der Waals surface area contributed by atoms with E-state index >= 15 is 0 Å². The lowest BCUT2D eigenvalue weighted by atomic mass is 10.3. The zero-order chi connectivity index (χ0) is 16.4. The average molecular weight is 351 g/mol. The fourth-order valence-electron chi connectivity index (χ4n) is 2.14. The van der Waals surface area contributed by atoms with Crippen LogP contribution in [0, 0.1) is 12.7 Å². The number of carbonyl (C=O) groups is 1. The van der Waals surface area contributed by atoms with Crippen molar-refractivity contribution in [3.63, 3.8) is 0 Å². The number of thioether (sulfide) groups is 1. The molecule has 0 bridgehead atoms. The van der Waals surface area contributed by atoms with Crippen LogP contribution in [-0.4, -0.2) is 27.6 Å². The number of aryl methyl sites for hydroxylation is 2. The highest BCUT2D eigenvalue weighted by Gasteiger charge is 2.12.